The van der Waals surface area contributed by atoms with Crippen LogP contribution in [0, 0.1) is 5.41 Å². The third-order valence-corrected chi connectivity index (χ3v) is 6.78. The molecule has 1 saturated carbocycles. The molecule has 0 radical (unpaired) electrons. The van der Waals surface area contributed by atoms with Crippen molar-refractivity contribution in [2.45, 2.75) is 44.2 Å². The van der Waals surface area contributed by atoms with E-state index in [9.17, 15) is 4.79 Å². The van der Waals surface area contributed by atoms with Gasteiger partial charge >= 0.3 is 0 Å². The molecule has 1 atom stereocenters. The van der Waals surface area contributed by atoms with Crippen molar-refractivity contribution in [1.29, 1.82) is 0 Å². The molecule has 1 aliphatic heterocycles. The van der Waals surface area contributed by atoms with Crippen LogP contribution in [0.5, 0.6) is 5.75 Å². The number of piperidine rings is 1. The minimum atomic E-state index is -0.327. The number of para-hydroxylation sites is 1. The molecule has 1 aromatic heterocycles. The topological polar surface area (TPSA) is 65.4 Å². The quantitative estimate of drug-likeness (QED) is 0.860. The molecule has 0 bridgehead atoms. The highest BCUT2D eigenvalue weighted by atomic mass is 16.5. The van der Waals surface area contributed by atoms with Gasteiger partial charge in [0.1, 0.15) is 5.75 Å². The van der Waals surface area contributed by atoms with Gasteiger partial charge in [0.25, 0.3) is 5.56 Å². The standard InChI is InChI=1S/C22H29N3O3/c1-27-19-8-4-3-7-17(19)18-13-20(26)25(16-24-18)15-22(28-2)11-12-23-14-21(22)9-5-6-10-21/h3-4,7-8,13,16,23H,5-6,9-12,14-15H2,1-2H3. The Bertz CT molecular complexity index is 889. The Morgan fingerprint density at radius 3 is 2.68 bits per heavy atom. The highest BCUT2D eigenvalue weighted by Gasteiger charge is 2.54. The molecule has 1 saturated heterocycles. The van der Waals surface area contributed by atoms with Crippen molar-refractivity contribution in [2.75, 3.05) is 27.3 Å². The van der Waals surface area contributed by atoms with Crippen LogP contribution in [0.4, 0.5) is 0 Å². The Morgan fingerprint density at radius 2 is 1.96 bits per heavy atom. The fourth-order valence-corrected chi connectivity index (χ4v) is 5.18. The van der Waals surface area contributed by atoms with Crippen LogP contribution in [-0.4, -0.2) is 42.5 Å². The van der Waals surface area contributed by atoms with Gasteiger partial charge in [-0.05, 0) is 37.9 Å². The molecule has 2 heterocycles. The first kappa shape index (κ1) is 19.2. The number of aromatic nitrogens is 2. The third kappa shape index (κ3) is 3.14. The van der Waals surface area contributed by atoms with E-state index in [1.807, 2.05) is 24.3 Å². The number of methoxy groups -OCH3 is 2. The fourth-order valence-electron chi connectivity index (χ4n) is 5.18. The van der Waals surface area contributed by atoms with Gasteiger partial charge in [-0.15, -0.1) is 0 Å². The van der Waals surface area contributed by atoms with Crippen LogP contribution in [0.25, 0.3) is 11.3 Å². The monoisotopic (exact) mass is 383 g/mol. The summed E-state index contributed by atoms with van der Waals surface area (Å²) >= 11 is 0. The van der Waals surface area contributed by atoms with Crippen molar-refractivity contribution < 1.29 is 9.47 Å². The number of hydrogen-bond donors (Lipinski definition) is 1. The maximum atomic E-state index is 13.0. The number of benzene rings is 1. The molecule has 2 aliphatic rings. The van der Waals surface area contributed by atoms with E-state index in [-0.39, 0.29) is 16.6 Å². The van der Waals surface area contributed by atoms with E-state index in [2.05, 4.69) is 10.3 Å². The molecule has 2 aromatic rings. The Balaban J connectivity index is 1.67. The van der Waals surface area contributed by atoms with E-state index < -0.39 is 0 Å². The molecular formula is C22H29N3O3. The first-order valence-electron chi connectivity index (χ1n) is 10.1. The van der Waals surface area contributed by atoms with Crippen LogP contribution in [0.2, 0.25) is 0 Å². The fraction of sp³-hybridized carbons (Fsp3) is 0.545. The third-order valence-electron chi connectivity index (χ3n) is 6.78. The molecule has 1 aliphatic carbocycles. The van der Waals surface area contributed by atoms with Crippen LogP contribution in [0.3, 0.4) is 0 Å². The van der Waals surface area contributed by atoms with E-state index in [4.69, 9.17) is 9.47 Å². The molecule has 4 rings (SSSR count). The van der Waals surface area contributed by atoms with Gasteiger partial charge in [-0.3, -0.25) is 9.36 Å². The second-order valence-corrected chi connectivity index (χ2v) is 8.05. The summed E-state index contributed by atoms with van der Waals surface area (Å²) in [6.45, 7) is 2.42. The Morgan fingerprint density at radius 1 is 1.18 bits per heavy atom. The molecule has 6 nitrogen and oxygen atoms in total. The first-order chi connectivity index (χ1) is 13.6. The van der Waals surface area contributed by atoms with Gasteiger partial charge < -0.3 is 14.8 Å². The summed E-state index contributed by atoms with van der Waals surface area (Å²) in [5.74, 6) is 0.712. The lowest BCUT2D eigenvalue weighted by Crippen LogP contribution is -2.61. The smallest absolute Gasteiger partial charge is 0.253 e. The van der Waals surface area contributed by atoms with Crippen LogP contribution < -0.4 is 15.6 Å². The summed E-state index contributed by atoms with van der Waals surface area (Å²) in [5, 5.41) is 3.55. The molecule has 1 unspecified atom stereocenters. The second-order valence-electron chi connectivity index (χ2n) is 8.05. The lowest BCUT2D eigenvalue weighted by atomic mass is 9.66. The van der Waals surface area contributed by atoms with Gasteiger partial charge in [-0.2, -0.15) is 0 Å². The summed E-state index contributed by atoms with van der Waals surface area (Å²) in [6, 6.07) is 9.22. The highest BCUT2D eigenvalue weighted by molar-refractivity contribution is 5.66. The van der Waals surface area contributed by atoms with Crippen LogP contribution in [0.15, 0.2) is 41.5 Å². The predicted molar refractivity (Wildman–Crippen MR) is 109 cm³/mol. The lowest BCUT2D eigenvalue weighted by Gasteiger charge is -2.51. The van der Waals surface area contributed by atoms with Gasteiger partial charge in [-0.1, -0.05) is 25.0 Å². The normalized spacial score (nSPS) is 23.8. The molecule has 150 valence electrons. The molecule has 2 fully saturated rings. The van der Waals surface area contributed by atoms with Crippen LogP contribution in [0.1, 0.15) is 32.1 Å². The summed E-state index contributed by atoms with van der Waals surface area (Å²) in [4.78, 5) is 17.5. The predicted octanol–water partition coefficient (Wildman–Crippen LogP) is 2.86. The highest BCUT2D eigenvalue weighted by Crippen LogP contribution is 2.51. The van der Waals surface area contributed by atoms with Gasteiger partial charge in [0, 0.05) is 30.7 Å². The number of hydrogen-bond acceptors (Lipinski definition) is 5. The molecule has 1 N–H and O–H groups in total. The molecule has 28 heavy (non-hydrogen) atoms. The minimum absolute atomic E-state index is 0.0565. The Hall–Kier alpha value is -2.18. The van der Waals surface area contributed by atoms with Crippen molar-refractivity contribution in [3.8, 4) is 17.0 Å². The summed E-state index contributed by atoms with van der Waals surface area (Å²) in [6.07, 6.45) is 7.32. The van der Waals surface area contributed by atoms with E-state index in [1.165, 1.54) is 12.8 Å². The second kappa shape index (κ2) is 7.68. The van der Waals surface area contributed by atoms with Crippen LogP contribution in [-0.2, 0) is 11.3 Å². The van der Waals surface area contributed by atoms with E-state index in [0.717, 1.165) is 37.9 Å². The molecular weight excluding hydrogens is 354 g/mol. The molecule has 6 heteroatoms. The van der Waals surface area contributed by atoms with Gasteiger partial charge in [0.05, 0.1) is 31.3 Å². The van der Waals surface area contributed by atoms with Crippen molar-refractivity contribution in [2.24, 2.45) is 5.41 Å². The molecule has 1 spiro atoms. The maximum Gasteiger partial charge on any atom is 0.253 e. The Labute approximate surface area is 165 Å². The van der Waals surface area contributed by atoms with Crippen molar-refractivity contribution in [3.63, 3.8) is 0 Å². The van der Waals surface area contributed by atoms with Crippen molar-refractivity contribution in [3.05, 3.63) is 47.0 Å². The summed E-state index contributed by atoms with van der Waals surface area (Å²) in [7, 11) is 3.42. The van der Waals surface area contributed by atoms with Gasteiger partial charge in [0.15, 0.2) is 0 Å². The van der Waals surface area contributed by atoms with Gasteiger partial charge in [-0.25, -0.2) is 4.98 Å². The largest absolute Gasteiger partial charge is 0.496 e. The average molecular weight is 383 g/mol. The Kier molecular flexibility index (Phi) is 5.25. The molecule has 1 aromatic carbocycles. The van der Waals surface area contributed by atoms with Crippen molar-refractivity contribution >= 4 is 0 Å². The average Bonchev–Trinajstić information content (AvgIpc) is 3.21. The summed E-state index contributed by atoms with van der Waals surface area (Å²) < 4.78 is 13.3. The zero-order valence-electron chi connectivity index (χ0n) is 16.7. The lowest BCUT2D eigenvalue weighted by molar-refractivity contribution is -0.141. The number of rotatable bonds is 5. The van der Waals surface area contributed by atoms with E-state index in [0.29, 0.717) is 18.0 Å². The zero-order valence-corrected chi connectivity index (χ0v) is 16.7. The number of nitrogens with one attached hydrogen (secondary N) is 1. The van der Waals surface area contributed by atoms with Crippen molar-refractivity contribution in [1.82, 2.24) is 14.9 Å². The zero-order chi connectivity index (χ0) is 19.6. The number of ether oxygens (including phenoxy) is 2. The number of nitrogens with zero attached hydrogens (tertiary/aromatic N) is 2. The SMILES string of the molecule is COc1ccccc1-c1cc(=O)n(CC2(OC)CCNCC23CCCC3)cn1. The first-order valence-corrected chi connectivity index (χ1v) is 10.1. The van der Waals surface area contributed by atoms with Gasteiger partial charge in [0.2, 0.25) is 0 Å². The summed E-state index contributed by atoms with van der Waals surface area (Å²) in [5.41, 5.74) is 1.17. The van der Waals surface area contributed by atoms with E-state index >= 15 is 0 Å². The van der Waals surface area contributed by atoms with E-state index in [1.54, 1.807) is 31.2 Å². The van der Waals surface area contributed by atoms with Crippen LogP contribution >= 0.6 is 0 Å². The molecule has 0 amide bonds. The minimum Gasteiger partial charge on any atom is -0.496 e. The maximum absolute atomic E-state index is 13.0.